The second kappa shape index (κ2) is 5.71. The molecule has 2 aliphatic rings. The average Bonchev–Trinajstić information content (AvgIpc) is 2.96. The summed E-state index contributed by atoms with van der Waals surface area (Å²) in [5.41, 5.74) is 0. The minimum Gasteiger partial charge on any atom is -0.481 e. The number of fused-ring (bicyclic) bond motifs is 2. The second-order valence-electron chi connectivity index (χ2n) is 5.19. The molecule has 3 N–H and O–H groups in total. The summed E-state index contributed by atoms with van der Waals surface area (Å²) in [6, 6.07) is 0. The Morgan fingerprint density at radius 3 is 2.58 bits per heavy atom. The van der Waals surface area contributed by atoms with Crippen LogP contribution in [-0.4, -0.2) is 48.5 Å². The topological polar surface area (TPSA) is 95.9 Å². The highest BCUT2D eigenvalue weighted by Gasteiger charge is 2.51. The molecule has 1 amide bonds. The fourth-order valence-electron chi connectivity index (χ4n) is 3.10. The van der Waals surface area contributed by atoms with Crippen LogP contribution >= 0.6 is 0 Å². The number of carboxylic acids is 1. The van der Waals surface area contributed by atoms with Crippen molar-refractivity contribution in [1.29, 1.82) is 0 Å². The van der Waals surface area contributed by atoms with Crippen molar-refractivity contribution in [2.45, 2.75) is 12.5 Å². The van der Waals surface area contributed by atoms with Crippen LogP contribution in [0.1, 0.15) is 6.42 Å². The third kappa shape index (κ3) is 2.79. The zero-order valence-electron chi connectivity index (χ0n) is 10.8. The quantitative estimate of drug-likeness (QED) is 0.572. The standard InChI is InChI=1S/C13H19NO5/c1-19-6-9(15)5-14-12(16)10-7-2-3-8(4-7)11(10)13(17)18/h2-3,7-11,15H,4-6H2,1H3,(H,14,16)(H,17,18). The molecule has 0 spiro atoms. The van der Waals surface area contributed by atoms with Gasteiger partial charge in [0.15, 0.2) is 0 Å². The lowest BCUT2D eigenvalue weighted by Crippen LogP contribution is -2.43. The first-order chi connectivity index (χ1) is 9.04. The molecule has 1 saturated carbocycles. The first kappa shape index (κ1) is 14.0. The molecule has 2 rings (SSSR count). The molecule has 2 aliphatic carbocycles. The van der Waals surface area contributed by atoms with Crippen molar-refractivity contribution in [2.75, 3.05) is 20.3 Å². The minimum absolute atomic E-state index is 0.00525. The number of hydrogen-bond acceptors (Lipinski definition) is 4. The summed E-state index contributed by atoms with van der Waals surface area (Å²) in [6.07, 6.45) is 3.79. The van der Waals surface area contributed by atoms with Gasteiger partial charge >= 0.3 is 5.97 Å². The van der Waals surface area contributed by atoms with E-state index >= 15 is 0 Å². The third-order valence-corrected chi connectivity index (χ3v) is 3.92. The Labute approximate surface area is 111 Å². The highest BCUT2D eigenvalue weighted by molar-refractivity contribution is 5.86. The number of carbonyl (C=O) groups is 2. The molecule has 2 bridgehead atoms. The van der Waals surface area contributed by atoms with E-state index in [1.54, 1.807) is 0 Å². The van der Waals surface area contributed by atoms with Gasteiger partial charge in [0.25, 0.3) is 0 Å². The average molecular weight is 269 g/mol. The number of methoxy groups -OCH3 is 1. The Morgan fingerprint density at radius 1 is 1.37 bits per heavy atom. The summed E-state index contributed by atoms with van der Waals surface area (Å²) >= 11 is 0. The van der Waals surface area contributed by atoms with E-state index in [9.17, 15) is 19.8 Å². The molecule has 1 fully saturated rings. The van der Waals surface area contributed by atoms with Crippen LogP contribution in [0.3, 0.4) is 0 Å². The maximum absolute atomic E-state index is 12.1. The van der Waals surface area contributed by atoms with Gasteiger partial charge in [-0.2, -0.15) is 0 Å². The van der Waals surface area contributed by atoms with Crippen LogP contribution in [0.2, 0.25) is 0 Å². The van der Waals surface area contributed by atoms with Crippen molar-refractivity contribution in [3.05, 3.63) is 12.2 Å². The number of hydrogen-bond donors (Lipinski definition) is 3. The second-order valence-corrected chi connectivity index (χ2v) is 5.19. The van der Waals surface area contributed by atoms with Gasteiger partial charge in [-0.25, -0.2) is 0 Å². The minimum atomic E-state index is -0.922. The molecule has 0 aromatic rings. The van der Waals surface area contributed by atoms with Gasteiger partial charge in [0.05, 0.1) is 24.5 Å². The summed E-state index contributed by atoms with van der Waals surface area (Å²) < 4.78 is 4.76. The molecule has 0 saturated heterocycles. The van der Waals surface area contributed by atoms with Crippen LogP contribution in [0.25, 0.3) is 0 Å². The van der Waals surface area contributed by atoms with E-state index in [0.29, 0.717) is 0 Å². The van der Waals surface area contributed by atoms with Crippen LogP contribution in [-0.2, 0) is 14.3 Å². The van der Waals surface area contributed by atoms with Crippen LogP contribution in [0.15, 0.2) is 12.2 Å². The molecule has 0 aromatic carbocycles. The molecule has 19 heavy (non-hydrogen) atoms. The van der Waals surface area contributed by atoms with Crippen molar-refractivity contribution in [1.82, 2.24) is 5.32 Å². The Bertz CT molecular complexity index is 394. The van der Waals surface area contributed by atoms with E-state index in [1.807, 2.05) is 12.2 Å². The summed E-state index contributed by atoms with van der Waals surface area (Å²) in [7, 11) is 1.46. The SMILES string of the molecule is COCC(O)CNC(=O)C1C2C=CC(C2)C1C(=O)O. The largest absolute Gasteiger partial charge is 0.481 e. The maximum Gasteiger partial charge on any atom is 0.307 e. The van der Waals surface area contributed by atoms with Gasteiger partial charge in [0.1, 0.15) is 0 Å². The zero-order valence-corrected chi connectivity index (χ0v) is 10.8. The van der Waals surface area contributed by atoms with E-state index in [0.717, 1.165) is 6.42 Å². The van der Waals surface area contributed by atoms with Crippen LogP contribution in [0, 0.1) is 23.7 Å². The number of rotatable bonds is 6. The molecule has 106 valence electrons. The van der Waals surface area contributed by atoms with E-state index in [1.165, 1.54) is 7.11 Å². The van der Waals surface area contributed by atoms with Crippen LogP contribution in [0.4, 0.5) is 0 Å². The highest BCUT2D eigenvalue weighted by atomic mass is 16.5. The van der Waals surface area contributed by atoms with Gasteiger partial charge in [-0.05, 0) is 18.3 Å². The molecule has 6 nitrogen and oxygen atoms in total. The molecular weight excluding hydrogens is 250 g/mol. The number of carboxylic acid groups (broad SMARTS) is 1. The highest BCUT2D eigenvalue weighted by Crippen LogP contribution is 2.48. The molecule has 6 heteroatoms. The molecule has 0 heterocycles. The predicted molar refractivity (Wildman–Crippen MR) is 66.2 cm³/mol. The van der Waals surface area contributed by atoms with Crippen LogP contribution in [0.5, 0.6) is 0 Å². The van der Waals surface area contributed by atoms with E-state index in [-0.39, 0.29) is 30.9 Å². The lowest BCUT2D eigenvalue weighted by molar-refractivity contribution is -0.147. The van der Waals surface area contributed by atoms with Crippen molar-refractivity contribution in [3.63, 3.8) is 0 Å². The molecule has 0 aliphatic heterocycles. The maximum atomic E-state index is 12.1. The molecule has 5 atom stereocenters. The van der Waals surface area contributed by atoms with Crippen molar-refractivity contribution in [3.8, 4) is 0 Å². The summed E-state index contributed by atoms with van der Waals surface area (Å²) in [6.45, 7) is 0.218. The number of allylic oxidation sites excluding steroid dienone is 2. The van der Waals surface area contributed by atoms with E-state index in [2.05, 4.69) is 5.32 Å². The lowest BCUT2D eigenvalue weighted by Gasteiger charge is -2.24. The zero-order chi connectivity index (χ0) is 14.0. The van der Waals surface area contributed by atoms with Crippen molar-refractivity contribution < 1.29 is 24.5 Å². The number of aliphatic hydroxyl groups is 1. The monoisotopic (exact) mass is 269 g/mol. The predicted octanol–water partition coefficient (Wildman–Crippen LogP) is -0.367. The summed E-state index contributed by atoms with van der Waals surface area (Å²) in [4.78, 5) is 23.4. The van der Waals surface area contributed by atoms with Crippen molar-refractivity contribution in [2.24, 2.45) is 23.7 Å². The van der Waals surface area contributed by atoms with Crippen LogP contribution < -0.4 is 5.32 Å². The summed E-state index contributed by atoms with van der Waals surface area (Å²) in [5.74, 6) is -2.42. The fraction of sp³-hybridized carbons (Fsp3) is 0.692. The number of carbonyl (C=O) groups excluding carboxylic acids is 1. The Balaban J connectivity index is 1.95. The smallest absolute Gasteiger partial charge is 0.307 e. The van der Waals surface area contributed by atoms with Gasteiger partial charge < -0.3 is 20.3 Å². The summed E-state index contributed by atoms with van der Waals surface area (Å²) in [5, 5.41) is 21.3. The fourth-order valence-corrected chi connectivity index (χ4v) is 3.10. The van der Waals surface area contributed by atoms with Gasteiger partial charge in [0.2, 0.25) is 5.91 Å². The number of aliphatic hydroxyl groups excluding tert-OH is 1. The number of ether oxygens (including phenoxy) is 1. The Kier molecular flexibility index (Phi) is 4.21. The van der Waals surface area contributed by atoms with E-state index < -0.39 is 23.9 Å². The normalized spacial score (nSPS) is 33.4. The first-order valence-corrected chi connectivity index (χ1v) is 6.40. The third-order valence-electron chi connectivity index (χ3n) is 3.92. The van der Waals surface area contributed by atoms with E-state index in [4.69, 9.17) is 4.74 Å². The molecular formula is C13H19NO5. The van der Waals surface area contributed by atoms with Gasteiger partial charge in [-0.1, -0.05) is 12.2 Å². The number of nitrogens with one attached hydrogen (secondary N) is 1. The first-order valence-electron chi connectivity index (χ1n) is 6.40. The number of amides is 1. The van der Waals surface area contributed by atoms with Gasteiger partial charge in [-0.3, -0.25) is 9.59 Å². The van der Waals surface area contributed by atoms with Gasteiger partial charge in [0, 0.05) is 13.7 Å². The molecule has 5 unspecified atom stereocenters. The lowest BCUT2D eigenvalue weighted by atomic mass is 9.82. The molecule has 0 radical (unpaired) electrons. The molecule has 0 aromatic heterocycles. The Morgan fingerprint density at radius 2 is 2.00 bits per heavy atom. The van der Waals surface area contributed by atoms with Gasteiger partial charge in [-0.15, -0.1) is 0 Å². The van der Waals surface area contributed by atoms with Crippen molar-refractivity contribution >= 4 is 11.9 Å². The number of aliphatic carboxylic acids is 1. The Hall–Kier alpha value is -1.40.